The van der Waals surface area contributed by atoms with Crippen molar-refractivity contribution in [1.29, 1.82) is 0 Å². The van der Waals surface area contributed by atoms with E-state index in [2.05, 4.69) is 4.98 Å². The molecule has 0 spiro atoms. The number of benzene rings is 1. The van der Waals surface area contributed by atoms with Crippen molar-refractivity contribution < 1.29 is 19.2 Å². The summed E-state index contributed by atoms with van der Waals surface area (Å²) in [6.07, 6.45) is 0.896. The molecule has 1 aromatic heterocycles. The van der Waals surface area contributed by atoms with E-state index in [-0.39, 0.29) is 12.2 Å². The first-order valence-electron chi connectivity index (χ1n) is 5.82. The van der Waals surface area contributed by atoms with Crippen LogP contribution in [0.1, 0.15) is 5.56 Å². The Morgan fingerprint density at radius 2 is 2.00 bits per heavy atom. The summed E-state index contributed by atoms with van der Waals surface area (Å²) in [6, 6.07) is 6.46. The van der Waals surface area contributed by atoms with E-state index in [1.165, 1.54) is 36.5 Å². The third-order valence-electron chi connectivity index (χ3n) is 2.75. The van der Waals surface area contributed by atoms with Gasteiger partial charge in [-0.1, -0.05) is 12.1 Å². The van der Waals surface area contributed by atoms with Crippen molar-refractivity contribution in [3.05, 3.63) is 64.2 Å². The number of carboxylic acid groups (broad SMARTS) is 1. The summed E-state index contributed by atoms with van der Waals surface area (Å²) in [5.41, 5.74) is -0.00116. The van der Waals surface area contributed by atoms with Crippen LogP contribution in [0.2, 0.25) is 0 Å². The minimum atomic E-state index is -1.35. The average Bonchev–Trinajstić information content (AvgIpc) is 2.46. The van der Waals surface area contributed by atoms with E-state index in [9.17, 15) is 24.4 Å². The molecule has 2 aromatic rings. The lowest BCUT2D eigenvalue weighted by molar-refractivity contribution is -0.384. The standard InChI is InChI=1S/C13H10FN3O4/c14-10-3-1-9(2-4-10)8-16(13(18)19)11-5-6-15-7-12(11)17(20)21/h1-7H,8H2,(H,18,19). The van der Waals surface area contributed by atoms with Gasteiger partial charge in [-0.05, 0) is 23.8 Å². The first kappa shape index (κ1) is 14.4. The Balaban J connectivity index is 2.38. The van der Waals surface area contributed by atoms with Gasteiger partial charge in [-0.3, -0.25) is 20.0 Å². The number of rotatable bonds is 4. The van der Waals surface area contributed by atoms with E-state index in [0.29, 0.717) is 5.56 Å². The monoisotopic (exact) mass is 291 g/mol. The third-order valence-corrected chi connectivity index (χ3v) is 2.75. The van der Waals surface area contributed by atoms with Crippen LogP contribution < -0.4 is 4.90 Å². The number of nitro groups is 1. The molecule has 0 atom stereocenters. The molecule has 1 amide bonds. The van der Waals surface area contributed by atoms with Gasteiger partial charge in [0.1, 0.15) is 17.7 Å². The zero-order valence-corrected chi connectivity index (χ0v) is 10.6. The maximum Gasteiger partial charge on any atom is 0.412 e. The van der Waals surface area contributed by atoms with Crippen LogP contribution >= 0.6 is 0 Å². The number of aromatic nitrogens is 1. The number of pyridine rings is 1. The fourth-order valence-electron chi connectivity index (χ4n) is 1.78. The molecule has 8 heteroatoms. The molecule has 0 fully saturated rings. The zero-order valence-electron chi connectivity index (χ0n) is 10.6. The predicted octanol–water partition coefficient (Wildman–Crippen LogP) is 2.81. The summed E-state index contributed by atoms with van der Waals surface area (Å²) >= 11 is 0. The Morgan fingerprint density at radius 3 is 2.57 bits per heavy atom. The Hall–Kier alpha value is -3.03. The Labute approximate surface area is 118 Å². The Bertz CT molecular complexity index is 675. The number of nitrogens with zero attached hydrogens (tertiary/aromatic N) is 3. The smallest absolute Gasteiger partial charge is 0.412 e. The van der Waals surface area contributed by atoms with Gasteiger partial charge in [0.15, 0.2) is 0 Å². The van der Waals surface area contributed by atoms with Crippen LogP contribution in [0.15, 0.2) is 42.7 Å². The maximum absolute atomic E-state index is 12.8. The molecule has 0 aliphatic heterocycles. The molecule has 0 aliphatic carbocycles. The zero-order chi connectivity index (χ0) is 15.4. The first-order valence-corrected chi connectivity index (χ1v) is 5.82. The Morgan fingerprint density at radius 1 is 1.33 bits per heavy atom. The summed E-state index contributed by atoms with van der Waals surface area (Å²) in [5.74, 6) is -0.449. The lowest BCUT2D eigenvalue weighted by Gasteiger charge is -2.18. The molecule has 7 nitrogen and oxygen atoms in total. The molecule has 1 aromatic carbocycles. The van der Waals surface area contributed by atoms with Crippen molar-refractivity contribution in [2.45, 2.75) is 6.54 Å². The van der Waals surface area contributed by atoms with E-state index >= 15 is 0 Å². The molecule has 0 aliphatic rings. The fourth-order valence-corrected chi connectivity index (χ4v) is 1.78. The van der Waals surface area contributed by atoms with Gasteiger partial charge in [0.2, 0.25) is 0 Å². The summed E-state index contributed by atoms with van der Waals surface area (Å²) in [5, 5.41) is 20.2. The van der Waals surface area contributed by atoms with Gasteiger partial charge in [-0.2, -0.15) is 0 Å². The lowest BCUT2D eigenvalue weighted by atomic mass is 10.2. The Kier molecular flexibility index (Phi) is 4.07. The third kappa shape index (κ3) is 3.30. The van der Waals surface area contributed by atoms with Gasteiger partial charge in [0.05, 0.1) is 11.5 Å². The van der Waals surface area contributed by atoms with Gasteiger partial charge in [-0.15, -0.1) is 0 Å². The van der Waals surface area contributed by atoms with Gasteiger partial charge >= 0.3 is 11.8 Å². The van der Waals surface area contributed by atoms with Crippen LogP contribution in [-0.2, 0) is 6.54 Å². The SMILES string of the molecule is O=C(O)N(Cc1ccc(F)cc1)c1ccncc1[N+](=O)[O-]. The van der Waals surface area contributed by atoms with Crippen molar-refractivity contribution in [1.82, 2.24) is 4.98 Å². The average molecular weight is 291 g/mol. The van der Waals surface area contributed by atoms with Crippen LogP contribution in [0.3, 0.4) is 0 Å². The van der Waals surface area contributed by atoms with Gasteiger partial charge in [-0.25, -0.2) is 9.18 Å². The number of amides is 1. The van der Waals surface area contributed by atoms with E-state index in [1.807, 2.05) is 0 Å². The van der Waals surface area contributed by atoms with Crippen molar-refractivity contribution >= 4 is 17.5 Å². The largest absolute Gasteiger partial charge is 0.465 e. The van der Waals surface area contributed by atoms with Crippen LogP contribution in [0, 0.1) is 15.9 Å². The summed E-state index contributed by atoms with van der Waals surface area (Å²) in [4.78, 5) is 26.0. The molecule has 0 radical (unpaired) electrons. The van der Waals surface area contributed by atoms with Crippen molar-refractivity contribution in [2.75, 3.05) is 4.90 Å². The van der Waals surface area contributed by atoms with Crippen molar-refractivity contribution in [3.63, 3.8) is 0 Å². The van der Waals surface area contributed by atoms with Crippen LogP contribution in [0.5, 0.6) is 0 Å². The highest BCUT2D eigenvalue weighted by molar-refractivity contribution is 5.89. The molecule has 0 saturated heterocycles. The van der Waals surface area contributed by atoms with E-state index in [4.69, 9.17) is 0 Å². The normalized spacial score (nSPS) is 10.1. The fraction of sp³-hybridized carbons (Fsp3) is 0.0769. The number of halogens is 1. The second kappa shape index (κ2) is 5.95. The van der Waals surface area contributed by atoms with Crippen LogP contribution in [-0.4, -0.2) is 21.1 Å². The summed E-state index contributed by atoms with van der Waals surface area (Å²) < 4.78 is 12.8. The summed E-state index contributed by atoms with van der Waals surface area (Å²) in [7, 11) is 0. The van der Waals surface area contributed by atoms with Gasteiger partial charge < -0.3 is 5.11 Å². The molecule has 0 bridgehead atoms. The molecule has 1 heterocycles. The van der Waals surface area contributed by atoms with E-state index in [0.717, 1.165) is 11.1 Å². The van der Waals surface area contributed by atoms with Crippen LogP contribution in [0.4, 0.5) is 20.6 Å². The molecule has 1 N–H and O–H groups in total. The molecular weight excluding hydrogens is 281 g/mol. The lowest BCUT2D eigenvalue weighted by Crippen LogP contribution is -2.29. The summed E-state index contributed by atoms with van der Waals surface area (Å²) in [6.45, 7) is -0.138. The highest BCUT2D eigenvalue weighted by Gasteiger charge is 2.24. The predicted molar refractivity (Wildman–Crippen MR) is 71.5 cm³/mol. The van der Waals surface area contributed by atoms with E-state index in [1.54, 1.807) is 0 Å². The minimum Gasteiger partial charge on any atom is -0.465 e. The maximum atomic E-state index is 12.8. The number of carbonyl (C=O) groups is 1. The highest BCUT2D eigenvalue weighted by atomic mass is 19.1. The van der Waals surface area contributed by atoms with Crippen molar-refractivity contribution in [2.24, 2.45) is 0 Å². The quantitative estimate of drug-likeness (QED) is 0.690. The second-order valence-corrected chi connectivity index (χ2v) is 4.12. The number of hydrogen-bond acceptors (Lipinski definition) is 4. The molecule has 0 saturated carbocycles. The second-order valence-electron chi connectivity index (χ2n) is 4.12. The number of anilines is 1. The molecule has 108 valence electrons. The first-order chi connectivity index (χ1) is 9.99. The van der Waals surface area contributed by atoms with Gasteiger partial charge in [0.25, 0.3) is 0 Å². The molecule has 2 rings (SSSR count). The van der Waals surface area contributed by atoms with Gasteiger partial charge in [0, 0.05) is 6.20 Å². The highest BCUT2D eigenvalue weighted by Crippen LogP contribution is 2.28. The molecule has 21 heavy (non-hydrogen) atoms. The van der Waals surface area contributed by atoms with Crippen LogP contribution in [0.25, 0.3) is 0 Å². The molecular formula is C13H10FN3O4. The molecule has 0 unspecified atom stereocenters. The topological polar surface area (TPSA) is 96.6 Å². The number of hydrogen-bond donors (Lipinski definition) is 1. The minimum absolute atomic E-state index is 0.0909. The van der Waals surface area contributed by atoms with Crippen molar-refractivity contribution in [3.8, 4) is 0 Å². The van der Waals surface area contributed by atoms with E-state index < -0.39 is 22.5 Å².